The third kappa shape index (κ3) is 5.05. The SMILES string of the molecule is CC(C)(O)C(O)CSc1nonc1/C(=N/O)Nc1ccc(F)c(Cl)c1. The lowest BCUT2D eigenvalue weighted by atomic mass is 10.0. The van der Waals surface area contributed by atoms with Gasteiger partial charge >= 0.3 is 0 Å². The predicted molar refractivity (Wildman–Crippen MR) is 90.7 cm³/mol. The van der Waals surface area contributed by atoms with E-state index in [9.17, 15) is 19.8 Å². The molecule has 1 atom stereocenters. The molecule has 0 amide bonds. The molecule has 136 valence electrons. The molecule has 0 saturated carbocycles. The van der Waals surface area contributed by atoms with Crippen molar-refractivity contribution in [3.63, 3.8) is 0 Å². The molecule has 0 bridgehead atoms. The summed E-state index contributed by atoms with van der Waals surface area (Å²) in [6.07, 6.45) is -1.03. The lowest BCUT2D eigenvalue weighted by molar-refractivity contribution is -0.0350. The molecule has 0 saturated heterocycles. The van der Waals surface area contributed by atoms with E-state index >= 15 is 0 Å². The fraction of sp³-hybridized carbons (Fsp3) is 0.357. The largest absolute Gasteiger partial charge is 0.409 e. The Hall–Kier alpha value is -1.88. The summed E-state index contributed by atoms with van der Waals surface area (Å²) in [7, 11) is 0. The van der Waals surface area contributed by atoms with Crippen molar-refractivity contribution in [1.82, 2.24) is 10.3 Å². The number of thioether (sulfide) groups is 1. The number of hydrogen-bond donors (Lipinski definition) is 4. The number of aliphatic hydroxyl groups is 2. The normalized spacial score (nSPS) is 13.8. The van der Waals surface area contributed by atoms with Crippen LogP contribution in [0.3, 0.4) is 0 Å². The molecule has 1 unspecified atom stereocenters. The van der Waals surface area contributed by atoms with Gasteiger partial charge in [0.25, 0.3) is 0 Å². The summed E-state index contributed by atoms with van der Waals surface area (Å²) in [6, 6.07) is 3.85. The molecular weight excluding hydrogens is 375 g/mol. The number of nitrogens with one attached hydrogen (secondary N) is 1. The Morgan fingerprint density at radius 2 is 2.20 bits per heavy atom. The molecule has 8 nitrogen and oxygen atoms in total. The van der Waals surface area contributed by atoms with E-state index in [0.717, 1.165) is 17.8 Å². The van der Waals surface area contributed by atoms with Crippen molar-refractivity contribution >= 4 is 34.9 Å². The first-order valence-corrected chi connectivity index (χ1v) is 8.39. The number of halogens is 2. The van der Waals surface area contributed by atoms with Gasteiger partial charge in [0.15, 0.2) is 10.7 Å². The standard InChI is InChI=1S/C14H16ClFN4O4S/c1-14(2,22)10(21)6-25-13-11(19-24-20-13)12(18-23)17-7-3-4-9(16)8(15)5-7/h3-5,10,21-23H,6H2,1-2H3,(H,17,18). The second-order valence-corrected chi connectivity index (χ2v) is 7.02. The summed E-state index contributed by atoms with van der Waals surface area (Å²) >= 11 is 6.76. The van der Waals surface area contributed by atoms with Gasteiger partial charge in [0.2, 0.25) is 5.84 Å². The van der Waals surface area contributed by atoms with E-state index in [1.165, 1.54) is 26.0 Å². The smallest absolute Gasteiger partial charge is 0.202 e. The van der Waals surface area contributed by atoms with Crippen LogP contribution in [0.15, 0.2) is 33.0 Å². The van der Waals surface area contributed by atoms with Gasteiger partial charge in [-0.15, -0.1) is 0 Å². The quantitative estimate of drug-likeness (QED) is 0.195. The second kappa shape index (κ2) is 8.00. The molecule has 0 fully saturated rings. The first-order valence-electron chi connectivity index (χ1n) is 7.02. The number of rotatable bonds is 6. The van der Waals surface area contributed by atoms with Crippen LogP contribution in [0.4, 0.5) is 10.1 Å². The Morgan fingerprint density at radius 1 is 1.48 bits per heavy atom. The van der Waals surface area contributed by atoms with E-state index in [1.807, 2.05) is 0 Å². The zero-order valence-electron chi connectivity index (χ0n) is 13.3. The van der Waals surface area contributed by atoms with Crippen molar-refractivity contribution in [3.05, 3.63) is 34.7 Å². The minimum Gasteiger partial charge on any atom is -0.409 e. The van der Waals surface area contributed by atoms with Crippen LogP contribution in [0.1, 0.15) is 19.5 Å². The van der Waals surface area contributed by atoms with Gasteiger partial charge in [-0.1, -0.05) is 28.5 Å². The molecule has 11 heteroatoms. The number of aromatic nitrogens is 2. The maximum absolute atomic E-state index is 13.2. The number of anilines is 1. The Morgan fingerprint density at radius 3 is 2.80 bits per heavy atom. The van der Waals surface area contributed by atoms with Crippen LogP contribution in [-0.4, -0.2) is 49.0 Å². The van der Waals surface area contributed by atoms with Crippen LogP contribution in [0, 0.1) is 5.82 Å². The number of aliphatic hydroxyl groups excluding tert-OH is 1. The monoisotopic (exact) mass is 390 g/mol. The minimum atomic E-state index is -1.29. The summed E-state index contributed by atoms with van der Waals surface area (Å²) in [5, 5.41) is 42.1. The fourth-order valence-corrected chi connectivity index (χ4v) is 2.88. The Kier molecular flexibility index (Phi) is 6.22. The van der Waals surface area contributed by atoms with E-state index in [0.29, 0.717) is 5.69 Å². The molecule has 1 aromatic heterocycles. The minimum absolute atomic E-state index is 0.0795. The molecule has 2 aromatic rings. The van der Waals surface area contributed by atoms with Gasteiger partial charge in [-0.05, 0) is 42.4 Å². The average Bonchev–Trinajstić information content (AvgIpc) is 3.01. The van der Waals surface area contributed by atoms with Crippen LogP contribution in [0.5, 0.6) is 0 Å². The average molecular weight is 391 g/mol. The Bertz CT molecular complexity index is 766. The highest BCUT2D eigenvalue weighted by Crippen LogP contribution is 2.25. The maximum Gasteiger partial charge on any atom is 0.202 e. The molecule has 1 heterocycles. The van der Waals surface area contributed by atoms with Gasteiger partial charge in [0.1, 0.15) is 5.82 Å². The van der Waals surface area contributed by atoms with Crippen LogP contribution >= 0.6 is 23.4 Å². The molecule has 0 aliphatic carbocycles. The van der Waals surface area contributed by atoms with E-state index in [-0.39, 0.29) is 27.3 Å². The zero-order chi connectivity index (χ0) is 18.6. The van der Waals surface area contributed by atoms with Crippen LogP contribution in [-0.2, 0) is 0 Å². The lowest BCUT2D eigenvalue weighted by Crippen LogP contribution is -2.37. The second-order valence-electron chi connectivity index (χ2n) is 5.60. The van der Waals surface area contributed by atoms with Crippen molar-refractivity contribution < 1.29 is 24.4 Å². The van der Waals surface area contributed by atoms with Crippen LogP contribution in [0.2, 0.25) is 5.02 Å². The summed E-state index contributed by atoms with van der Waals surface area (Å²) in [5.74, 6) is -0.593. The maximum atomic E-state index is 13.2. The first-order chi connectivity index (χ1) is 11.7. The van der Waals surface area contributed by atoms with Crippen LogP contribution in [0.25, 0.3) is 0 Å². The van der Waals surface area contributed by atoms with E-state index in [1.54, 1.807) is 0 Å². The van der Waals surface area contributed by atoms with Gasteiger partial charge < -0.3 is 20.7 Å². The highest BCUT2D eigenvalue weighted by atomic mass is 35.5. The van der Waals surface area contributed by atoms with E-state index < -0.39 is 17.5 Å². The number of amidine groups is 1. The molecule has 0 radical (unpaired) electrons. The van der Waals surface area contributed by atoms with Crippen LogP contribution < -0.4 is 5.32 Å². The van der Waals surface area contributed by atoms with Gasteiger partial charge in [-0.25, -0.2) is 9.02 Å². The van der Waals surface area contributed by atoms with Crippen molar-refractivity contribution in [2.45, 2.75) is 30.6 Å². The Labute approximate surface area is 151 Å². The number of hydrogen-bond acceptors (Lipinski definition) is 8. The summed E-state index contributed by atoms with van der Waals surface area (Å²) in [6.45, 7) is 2.95. The summed E-state index contributed by atoms with van der Waals surface area (Å²) in [5.41, 5.74) is -0.855. The van der Waals surface area contributed by atoms with Gasteiger partial charge in [0, 0.05) is 11.4 Å². The van der Waals surface area contributed by atoms with Crippen molar-refractivity contribution in [2.24, 2.45) is 5.16 Å². The fourth-order valence-electron chi connectivity index (χ4n) is 1.62. The molecular formula is C14H16ClFN4O4S. The summed E-state index contributed by atoms with van der Waals surface area (Å²) < 4.78 is 17.8. The molecule has 0 aliphatic heterocycles. The molecule has 0 spiro atoms. The third-order valence-electron chi connectivity index (χ3n) is 3.16. The molecule has 1 aromatic carbocycles. The number of benzene rings is 1. The van der Waals surface area contributed by atoms with Crippen molar-refractivity contribution in [3.8, 4) is 0 Å². The van der Waals surface area contributed by atoms with Crippen molar-refractivity contribution in [2.75, 3.05) is 11.1 Å². The van der Waals surface area contributed by atoms with Gasteiger partial charge in [-0.3, -0.25) is 0 Å². The van der Waals surface area contributed by atoms with Gasteiger partial charge in [-0.2, -0.15) is 0 Å². The number of nitrogens with zero attached hydrogens (tertiary/aromatic N) is 3. The van der Waals surface area contributed by atoms with E-state index in [2.05, 4.69) is 25.4 Å². The first kappa shape index (κ1) is 19.4. The molecule has 2 rings (SSSR count). The zero-order valence-corrected chi connectivity index (χ0v) is 14.8. The highest BCUT2D eigenvalue weighted by Gasteiger charge is 2.26. The van der Waals surface area contributed by atoms with Gasteiger partial charge in [0.05, 0.1) is 16.7 Å². The summed E-state index contributed by atoms with van der Waals surface area (Å²) in [4.78, 5) is 0. The molecule has 25 heavy (non-hydrogen) atoms. The topological polar surface area (TPSA) is 124 Å². The van der Waals surface area contributed by atoms with E-state index in [4.69, 9.17) is 11.6 Å². The lowest BCUT2D eigenvalue weighted by Gasteiger charge is -2.23. The molecule has 0 aliphatic rings. The van der Waals surface area contributed by atoms with Crippen molar-refractivity contribution in [1.29, 1.82) is 0 Å². The predicted octanol–water partition coefficient (Wildman–Crippen LogP) is 2.33. The highest BCUT2D eigenvalue weighted by molar-refractivity contribution is 7.99. The Balaban J connectivity index is 2.14. The molecule has 4 N–H and O–H groups in total. The number of oxime groups is 1. The third-order valence-corrected chi connectivity index (χ3v) is 4.47.